The molecule has 0 saturated carbocycles. The minimum Gasteiger partial charge on any atom is -0.338 e. The molecule has 2 rings (SSSR count). The summed E-state index contributed by atoms with van der Waals surface area (Å²) in [6.45, 7) is 2.04. The molecule has 0 atom stereocenters. The molecule has 1 aromatic rings. The van der Waals surface area contributed by atoms with Gasteiger partial charge in [-0.15, -0.1) is 12.4 Å². The summed E-state index contributed by atoms with van der Waals surface area (Å²) in [5.74, 6) is -0.599. The Morgan fingerprint density at radius 1 is 1.45 bits per heavy atom. The molecule has 22 heavy (non-hydrogen) atoms. The van der Waals surface area contributed by atoms with E-state index in [2.05, 4.69) is 5.32 Å². The van der Waals surface area contributed by atoms with Crippen molar-refractivity contribution in [1.29, 1.82) is 0 Å². The van der Waals surface area contributed by atoms with Crippen LogP contribution in [0.2, 0.25) is 0 Å². The maximum Gasteiger partial charge on any atom is 0.285 e. The number of hydrogen-bond acceptors (Lipinski definition) is 4. The van der Waals surface area contributed by atoms with Gasteiger partial charge in [0.1, 0.15) is 11.4 Å². The topological polar surface area (TPSA) is 75.5 Å². The van der Waals surface area contributed by atoms with E-state index < -0.39 is 22.3 Å². The molecule has 1 aromatic carbocycles. The molecule has 122 valence electrons. The van der Waals surface area contributed by atoms with Crippen molar-refractivity contribution in [3.05, 3.63) is 39.7 Å². The molecule has 0 aromatic heterocycles. The highest BCUT2D eigenvalue weighted by molar-refractivity contribution is 5.98. The number of carbonyl (C=O) groups excluding carboxylic acids is 1. The second-order valence-electron chi connectivity index (χ2n) is 5.21. The minimum atomic E-state index is -0.718. The van der Waals surface area contributed by atoms with E-state index in [0.29, 0.717) is 19.0 Å². The van der Waals surface area contributed by atoms with Gasteiger partial charge in [-0.2, -0.15) is 0 Å². The lowest BCUT2D eigenvalue weighted by atomic mass is 9.96. The number of amides is 1. The number of benzene rings is 1. The molecule has 8 heteroatoms. The van der Waals surface area contributed by atoms with Crippen LogP contribution in [0, 0.1) is 21.8 Å². The molecule has 1 saturated heterocycles. The van der Waals surface area contributed by atoms with Crippen molar-refractivity contribution in [3.8, 4) is 0 Å². The Hall–Kier alpha value is -1.73. The normalized spacial score (nSPS) is 15.3. The van der Waals surface area contributed by atoms with E-state index in [-0.39, 0.29) is 18.0 Å². The second kappa shape index (κ2) is 8.05. The Kier molecular flexibility index (Phi) is 6.70. The SMILES string of the molecule is CNCC1CCN(C(=O)c2ccc(F)cc2[N+](=O)[O-])CC1.Cl. The molecule has 0 radical (unpaired) electrons. The van der Waals surface area contributed by atoms with Gasteiger partial charge in [-0.25, -0.2) is 4.39 Å². The highest BCUT2D eigenvalue weighted by Crippen LogP contribution is 2.24. The molecule has 1 heterocycles. The van der Waals surface area contributed by atoms with Gasteiger partial charge in [0.25, 0.3) is 11.6 Å². The fraction of sp³-hybridized carbons (Fsp3) is 0.500. The largest absolute Gasteiger partial charge is 0.338 e. The number of hydrogen-bond donors (Lipinski definition) is 1. The third-order valence-corrected chi connectivity index (χ3v) is 3.78. The smallest absolute Gasteiger partial charge is 0.285 e. The number of nitro benzene ring substituents is 1. The molecule has 0 spiro atoms. The van der Waals surface area contributed by atoms with Gasteiger partial charge in [0, 0.05) is 13.1 Å². The maximum atomic E-state index is 13.1. The van der Waals surface area contributed by atoms with Gasteiger partial charge >= 0.3 is 0 Å². The Labute approximate surface area is 134 Å². The Morgan fingerprint density at radius 3 is 2.64 bits per heavy atom. The molecule has 6 nitrogen and oxygen atoms in total. The van der Waals surface area contributed by atoms with Crippen LogP contribution in [0.15, 0.2) is 18.2 Å². The number of piperidine rings is 1. The van der Waals surface area contributed by atoms with Crippen molar-refractivity contribution in [2.75, 3.05) is 26.7 Å². The molecule has 0 aliphatic carbocycles. The zero-order valence-corrected chi connectivity index (χ0v) is 13.1. The number of nitrogens with one attached hydrogen (secondary N) is 1. The highest BCUT2D eigenvalue weighted by Gasteiger charge is 2.28. The van der Waals surface area contributed by atoms with Crippen molar-refractivity contribution < 1.29 is 14.1 Å². The van der Waals surface area contributed by atoms with Gasteiger partial charge in [0.2, 0.25) is 0 Å². The summed E-state index contributed by atoms with van der Waals surface area (Å²) >= 11 is 0. The first-order chi connectivity index (χ1) is 10.0. The van der Waals surface area contributed by atoms with Gasteiger partial charge in [0.05, 0.1) is 11.0 Å². The van der Waals surface area contributed by atoms with Crippen LogP contribution in [0.4, 0.5) is 10.1 Å². The summed E-state index contributed by atoms with van der Waals surface area (Å²) < 4.78 is 13.1. The van der Waals surface area contributed by atoms with E-state index in [4.69, 9.17) is 0 Å². The lowest BCUT2D eigenvalue weighted by Crippen LogP contribution is -2.40. The molecule has 0 bridgehead atoms. The highest BCUT2D eigenvalue weighted by atomic mass is 35.5. The van der Waals surface area contributed by atoms with E-state index >= 15 is 0 Å². The number of rotatable bonds is 4. The number of carbonyl (C=O) groups is 1. The quantitative estimate of drug-likeness (QED) is 0.678. The predicted octanol–water partition coefficient (Wildman–Crippen LogP) is 2.23. The standard InChI is InChI=1S/C14H18FN3O3.ClH/c1-16-9-10-4-6-17(7-5-10)14(19)12-3-2-11(15)8-13(12)18(20)21;/h2-3,8,10,16H,4-7,9H2,1H3;1H. The average Bonchev–Trinajstić information content (AvgIpc) is 2.47. The molecule has 1 aliphatic heterocycles. The van der Waals surface area contributed by atoms with Gasteiger partial charge in [0.15, 0.2) is 0 Å². The van der Waals surface area contributed by atoms with Crippen molar-refractivity contribution in [3.63, 3.8) is 0 Å². The predicted molar refractivity (Wildman–Crippen MR) is 82.9 cm³/mol. The van der Waals surface area contributed by atoms with Gasteiger partial charge in [-0.05, 0) is 44.5 Å². The van der Waals surface area contributed by atoms with Gasteiger partial charge in [-0.1, -0.05) is 0 Å². The average molecular weight is 332 g/mol. The Bertz CT molecular complexity index is 548. The van der Waals surface area contributed by atoms with E-state index in [1.807, 2.05) is 7.05 Å². The molecular formula is C14H19ClFN3O3. The number of halogens is 2. The second-order valence-corrected chi connectivity index (χ2v) is 5.21. The lowest BCUT2D eigenvalue weighted by Gasteiger charge is -2.31. The van der Waals surface area contributed by atoms with E-state index in [9.17, 15) is 19.3 Å². The summed E-state index contributed by atoms with van der Waals surface area (Å²) in [6, 6.07) is 3.06. The molecule has 1 fully saturated rings. The van der Waals surface area contributed by atoms with Gasteiger partial charge in [-0.3, -0.25) is 14.9 Å². The third-order valence-electron chi connectivity index (χ3n) is 3.78. The lowest BCUT2D eigenvalue weighted by molar-refractivity contribution is -0.385. The van der Waals surface area contributed by atoms with Crippen LogP contribution in [-0.2, 0) is 0 Å². The first-order valence-corrected chi connectivity index (χ1v) is 6.90. The molecule has 1 aliphatic rings. The Morgan fingerprint density at radius 2 is 2.09 bits per heavy atom. The van der Waals surface area contributed by atoms with Crippen molar-refractivity contribution in [2.24, 2.45) is 5.92 Å². The van der Waals surface area contributed by atoms with Crippen LogP contribution < -0.4 is 5.32 Å². The maximum absolute atomic E-state index is 13.1. The minimum absolute atomic E-state index is 0. The zero-order chi connectivity index (χ0) is 15.4. The molecule has 1 N–H and O–H groups in total. The molecular weight excluding hydrogens is 313 g/mol. The van der Waals surface area contributed by atoms with Gasteiger partial charge < -0.3 is 10.2 Å². The fourth-order valence-corrected chi connectivity index (χ4v) is 2.64. The molecule has 0 unspecified atom stereocenters. The Balaban J connectivity index is 0.00000242. The van der Waals surface area contributed by atoms with Crippen LogP contribution in [0.5, 0.6) is 0 Å². The number of nitrogens with zero attached hydrogens (tertiary/aromatic N) is 2. The number of likely N-dealkylation sites (tertiary alicyclic amines) is 1. The summed E-state index contributed by atoms with van der Waals surface area (Å²) in [6.07, 6.45) is 1.73. The number of nitro groups is 1. The van der Waals surface area contributed by atoms with Crippen LogP contribution in [0.25, 0.3) is 0 Å². The van der Waals surface area contributed by atoms with Crippen LogP contribution in [0.1, 0.15) is 23.2 Å². The van der Waals surface area contributed by atoms with Crippen LogP contribution in [0.3, 0.4) is 0 Å². The fourth-order valence-electron chi connectivity index (χ4n) is 2.64. The van der Waals surface area contributed by atoms with Crippen molar-refractivity contribution >= 4 is 24.0 Å². The first kappa shape index (κ1) is 18.3. The summed E-state index contributed by atoms with van der Waals surface area (Å²) in [5.41, 5.74) is -0.522. The van der Waals surface area contributed by atoms with Crippen molar-refractivity contribution in [1.82, 2.24) is 10.2 Å². The summed E-state index contributed by atoms with van der Waals surface area (Å²) in [7, 11) is 1.89. The van der Waals surface area contributed by atoms with E-state index in [1.54, 1.807) is 4.90 Å². The zero-order valence-electron chi connectivity index (χ0n) is 12.3. The third kappa shape index (κ3) is 4.14. The monoisotopic (exact) mass is 331 g/mol. The first-order valence-electron chi connectivity index (χ1n) is 6.90. The summed E-state index contributed by atoms with van der Waals surface area (Å²) in [4.78, 5) is 24.2. The van der Waals surface area contributed by atoms with Crippen molar-refractivity contribution in [2.45, 2.75) is 12.8 Å². The van der Waals surface area contributed by atoms with Crippen LogP contribution >= 0.6 is 12.4 Å². The van der Waals surface area contributed by atoms with E-state index in [1.165, 1.54) is 6.07 Å². The van der Waals surface area contributed by atoms with E-state index in [0.717, 1.165) is 31.5 Å². The van der Waals surface area contributed by atoms with Crippen LogP contribution in [-0.4, -0.2) is 42.4 Å². The summed E-state index contributed by atoms with van der Waals surface area (Å²) in [5, 5.41) is 14.1. The molecule has 1 amide bonds.